The van der Waals surface area contributed by atoms with Gasteiger partial charge in [0, 0.05) is 33.4 Å². The van der Waals surface area contributed by atoms with Crippen LogP contribution in [0.2, 0.25) is 0 Å². The fourth-order valence-corrected chi connectivity index (χ4v) is 4.13. The number of rotatable bonds is 6. The van der Waals surface area contributed by atoms with Gasteiger partial charge in [0.25, 0.3) is 5.56 Å². The zero-order chi connectivity index (χ0) is 21.4. The summed E-state index contributed by atoms with van der Waals surface area (Å²) >= 11 is 1.44. The molecule has 0 amide bonds. The third-order valence-corrected chi connectivity index (χ3v) is 6.01. The van der Waals surface area contributed by atoms with Crippen molar-refractivity contribution in [2.24, 2.45) is 21.1 Å². The fraction of sp³-hybridized carbons (Fsp3) is 0.316. The Hall–Kier alpha value is -3.21. The number of hydrogen-bond donors (Lipinski definition) is 0. The smallest absolute Gasteiger partial charge is 0.328 e. The van der Waals surface area contributed by atoms with Gasteiger partial charge in [-0.25, -0.2) is 14.2 Å². The van der Waals surface area contributed by atoms with E-state index in [4.69, 9.17) is 0 Å². The van der Waals surface area contributed by atoms with Gasteiger partial charge in [0.05, 0.1) is 11.9 Å². The predicted molar refractivity (Wildman–Crippen MR) is 112 cm³/mol. The van der Waals surface area contributed by atoms with E-state index in [2.05, 4.69) is 15.2 Å². The van der Waals surface area contributed by atoms with Gasteiger partial charge in [-0.3, -0.25) is 13.9 Å². The molecule has 0 radical (unpaired) electrons. The molecule has 9 nitrogen and oxygen atoms in total. The van der Waals surface area contributed by atoms with Crippen molar-refractivity contribution in [1.82, 2.24) is 33.4 Å². The highest BCUT2D eigenvalue weighted by atomic mass is 32.2. The molecule has 4 rings (SSSR count). The number of thioether (sulfide) groups is 1. The van der Waals surface area contributed by atoms with Crippen molar-refractivity contribution in [3.8, 4) is 11.4 Å². The first kappa shape index (κ1) is 20.1. The second-order valence-corrected chi connectivity index (χ2v) is 7.94. The molecule has 1 aromatic carbocycles. The topological polar surface area (TPSA) is 92.5 Å². The maximum absolute atomic E-state index is 14.0. The minimum Gasteiger partial charge on any atom is -0.328 e. The summed E-state index contributed by atoms with van der Waals surface area (Å²) in [5, 5.41) is 8.87. The molecule has 0 spiro atoms. The molecular weight excluding hydrogens is 409 g/mol. The van der Waals surface area contributed by atoms with Crippen LogP contribution in [-0.4, -0.2) is 39.2 Å². The Kier molecular flexibility index (Phi) is 5.29. The lowest BCUT2D eigenvalue weighted by Crippen LogP contribution is -2.39. The molecule has 0 bridgehead atoms. The van der Waals surface area contributed by atoms with E-state index in [1.807, 2.05) is 0 Å². The second kappa shape index (κ2) is 7.90. The van der Waals surface area contributed by atoms with Crippen molar-refractivity contribution in [3.05, 3.63) is 57.2 Å². The normalized spacial score (nSPS) is 11.5. The molecule has 0 saturated heterocycles. The van der Waals surface area contributed by atoms with Crippen LogP contribution in [0.4, 0.5) is 4.39 Å². The SMILES string of the molecule is Cn1c(SCCCn2c(=O)c3c(ncn3C)n(C)c2=O)nnc1-c1ccccc1F. The minimum atomic E-state index is -0.392. The van der Waals surface area contributed by atoms with Gasteiger partial charge in [-0.05, 0) is 18.6 Å². The number of aromatic nitrogens is 7. The maximum Gasteiger partial charge on any atom is 0.332 e. The molecule has 0 atom stereocenters. The number of hydrogen-bond acceptors (Lipinski definition) is 6. The van der Waals surface area contributed by atoms with Crippen molar-refractivity contribution in [3.63, 3.8) is 0 Å². The number of nitrogens with zero attached hydrogens (tertiary/aromatic N) is 7. The Morgan fingerprint density at radius 3 is 2.60 bits per heavy atom. The van der Waals surface area contributed by atoms with E-state index < -0.39 is 5.69 Å². The average Bonchev–Trinajstić information content (AvgIpc) is 3.29. The molecule has 3 heterocycles. The van der Waals surface area contributed by atoms with Gasteiger partial charge in [-0.15, -0.1) is 10.2 Å². The minimum absolute atomic E-state index is 0.275. The molecule has 0 fully saturated rings. The van der Waals surface area contributed by atoms with Gasteiger partial charge in [0.2, 0.25) is 0 Å². The Morgan fingerprint density at radius 1 is 1.07 bits per heavy atom. The first-order valence-electron chi connectivity index (χ1n) is 9.28. The molecule has 156 valence electrons. The number of fused-ring (bicyclic) bond motifs is 1. The first-order chi connectivity index (χ1) is 14.4. The maximum atomic E-state index is 14.0. The number of aryl methyl sites for hydroxylation is 2. The lowest BCUT2D eigenvalue weighted by atomic mass is 10.2. The lowest BCUT2D eigenvalue weighted by molar-refractivity contribution is 0.594. The van der Waals surface area contributed by atoms with Crippen LogP contribution in [0, 0.1) is 5.82 Å². The van der Waals surface area contributed by atoms with Crippen LogP contribution >= 0.6 is 11.8 Å². The first-order valence-corrected chi connectivity index (χ1v) is 10.3. The Bertz CT molecular complexity index is 1350. The largest absolute Gasteiger partial charge is 0.332 e. The van der Waals surface area contributed by atoms with E-state index in [9.17, 15) is 14.0 Å². The van der Waals surface area contributed by atoms with Crippen molar-refractivity contribution < 1.29 is 4.39 Å². The van der Waals surface area contributed by atoms with Crippen molar-refractivity contribution >= 4 is 22.9 Å². The van der Waals surface area contributed by atoms with Crippen LogP contribution in [0.1, 0.15) is 6.42 Å². The van der Waals surface area contributed by atoms with Gasteiger partial charge in [-0.1, -0.05) is 23.9 Å². The third kappa shape index (κ3) is 3.34. The van der Waals surface area contributed by atoms with Crippen molar-refractivity contribution in [1.29, 1.82) is 0 Å². The second-order valence-electron chi connectivity index (χ2n) is 6.87. The Labute approximate surface area is 174 Å². The lowest BCUT2D eigenvalue weighted by Gasteiger charge is -2.08. The summed E-state index contributed by atoms with van der Waals surface area (Å²) in [5.41, 5.74) is 0.416. The highest BCUT2D eigenvalue weighted by Gasteiger charge is 2.16. The van der Waals surface area contributed by atoms with E-state index in [1.165, 1.54) is 33.3 Å². The van der Waals surface area contributed by atoms with Gasteiger partial charge in [0.1, 0.15) is 5.82 Å². The number of halogens is 1. The van der Waals surface area contributed by atoms with Crippen LogP contribution in [-0.2, 0) is 27.7 Å². The Balaban J connectivity index is 1.48. The molecule has 0 N–H and O–H groups in total. The van der Waals surface area contributed by atoms with Crippen LogP contribution in [0.3, 0.4) is 0 Å². The average molecular weight is 429 g/mol. The molecule has 0 aliphatic rings. The summed E-state index contributed by atoms with van der Waals surface area (Å²) in [6.45, 7) is 0.275. The standard InChI is InChI=1S/C19H20FN7O2S/c1-24-11-21-16-14(24)17(28)27(19(29)26(16)3)9-6-10-30-18-23-22-15(25(18)2)12-7-4-5-8-13(12)20/h4-5,7-8,11H,6,9-10H2,1-3H3. The molecule has 30 heavy (non-hydrogen) atoms. The van der Waals surface area contributed by atoms with E-state index in [1.54, 1.807) is 48.5 Å². The quantitative estimate of drug-likeness (QED) is 0.341. The summed E-state index contributed by atoms with van der Waals surface area (Å²) < 4.78 is 20.0. The zero-order valence-electron chi connectivity index (χ0n) is 16.7. The number of benzene rings is 1. The van der Waals surface area contributed by atoms with Gasteiger partial charge < -0.3 is 9.13 Å². The molecule has 11 heteroatoms. The molecule has 0 aliphatic heterocycles. The molecule has 0 unspecified atom stereocenters. The summed E-state index contributed by atoms with van der Waals surface area (Å²) in [4.78, 5) is 29.4. The zero-order valence-corrected chi connectivity index (χ0v) is 17.6. The highest BCUT2D eigenvalue weighted by molar-refractivity contribution is 7.99. The van der Waals surface area contributed by atoms with Crippen molar-refractivity contribution in [2.75, 3.05) is 5.75 Å². The van der Waals surface area contributed by atoms with Gasteiger partial charge in [-0.2, -0.15) is 0 Å². The predicted octanol–water partition coefficient (Wildman–Crippen LogP) is 1.55. The van der Waals surface area contributed by atoms with Crippen LogP contribution in [0.25, 0.3) is 22.6 Å². The number of imidazole rings is 1. The Morgan fingerprint density at radius 2 is 1.83 bits per heavy atom. The fourth-order valence-electron chi connectivity index (χ4n) is 3.30. The summed E-state index contributed by atoms with van der Waals surface area (Å²) in [6, 6.07) is 6.41. The van der Waals surface area contributed by atoms with Gasteiger partial charge in [0.15, 0.2) is 22.1 Å². The third-order valence-electron chi connectivity index (χ3n) is 4.91. The van der Waals surface area contributed by atoms with E-state index >= 15 is 0 Å². The molecule has 3 aromatic heterocycles. The van der Waals surface area contributed by atoms with Crippen molar-refractivity contribution in [2.45, 2.75) is 18.1 Å². The van der Waals surface area contributed by atoms with E-state index in [-0.39, 0.29) is 17.9 Å². The monoisotopic (exact) mass is 429 g/mol. The van der Waals surface area contributed by atoms with E-state index in [0.717, 1.165) is 0 Å². The molecule has 0 aliphatic carbocycles. The summed E-state index contributed by atoms with van der Waals surface area (Å²) in [6.07, 6.45) is 2.10. The molecule has 0 saturated carbocycles. The van der Waals surface area contributed by atoms with E-state index in [0.29, 0.717) is 39.9 Å². The highest BCUT2D eigenvalue weighted by Crippen LogP contribution is 2.24. The molecule has 4 aromatic rings. The molecular formula is C19H20FN7O2S. The van der Waals surface area contributed by atoms with Crippen LogP contribution in [0.15, 0.2) is 45.3 Å². The summed E-state index contributed by atoms with van der Waals surface area (Å²) in [5.74, 6) is 0.704. The van der Waals surface area contributed by atoms with Gasteiger partial charge >= 0.3 is 5.69 Å². The van der Waals surface area contributed by atoms with Crippen LogP contribution < -0.4 is 11.2 Å². The summed E-state index contributed by atoms with van der Waals surface area (Å²) in [7, 11) is 5.11. The van der Waals surface area contributed by atoms with Crippen LogP contribution in [0.5, 0.6) is 0 Å².